The molecule has 0 aliphatic rings. The molecule has 0 atom stereocenters. The van der Waals surface area contributed by atoms with Gasteiger partial charge in [0.1, 0.15) is 0 Å². The number of aliphatic hydroxyl groups is 1. The summed E-state index contributed by atoms with van der Waals surface area (Å²) in [6.45, 7) is 0.171. The van der Waals surface area contributed by atoms with Gasteiger partial charge in [-0.05, 0) is 12.1 Å². The van der Waals surface area contributed by atoms with Crippen LogP contribution in [0.1, 0.15) is 4.88 Å². The van der Waals surface area contributed by atoms with Crippen molar-refractivity contribution in [2.24, 2.45) is 0 Å². The van der Waals surface area contributed by atoms with Gasteiger partial charge in [-0.3, -0.25) is 4.98 Å². The standard InChI is InChI=1S/C9H8ClNOS/c10-7-1-3-11-8-5-6(2-4-12)13-9(7)8/h1,3,5,12H,2,4H2. The molecule has 0 aliphatic carbocycles. The summed E-state index contributed by atoms with van der Waals surface area (Å²) in [7, 11) is 0. The van der Waals surface area contributed by atoms with Gasteiger partial charge in [0.25, 0.3) is 0 Å². The van der Waals surface area contributed by atoms with E-state index in [0.717, 1.165) is 20.1 Å². The number of pyridine rings is 1. The summed E-state index contributed by atoms with van der Waals surface area (Å²) in [6, 6.07) is 3.76. The molecule has 2 heterocycles. The summed E-state index contributed by atoms with van der Waals surface area (Å²) in [5, 5.41) is 9.50. The Hall–Kier alpha value is -0.640. The molecule has 2 rings (SSSR count). The van der Waals surface area contributed by atoms with Crippen molar-refractivity contribution >= 4 is 33.2 Å². The SMILES string of the molecule is OCCc1cc2nccc(Cl)c2s1. The number of thiophene rings is 1. The third kappa shape index (κ3) is 1.68. The van der Waals surface area contributed by atoms with Gasteiger partial charge in [0.05, 0.1) is 15.2 Å². The van der Waals surface area contributed by atoms with Gasteiger partial charge in [0.15, 0.2) is 0 Å². The smallest absolute Gasteiger partial charge is 0.0827 e. The molecule has 0 bridgehead atoms. The van der Waals surface area contributed by atoms with Crippen molar-refractivity contribution in [1.82, 2.24) is 4.98 Å². The number of fused-ring (bicyclic) bond motifs is 1. The third-order valence-electron chi connectivity index (χ3n) is 1.77. The van der Waals surface area contributed by atoms with Crippen molar-refractivity contribution < 1.29 is 5.11 Å². The topological polar surface area (TPSA) is 33.1 Å². The minimum Gasteiger partial charge on any atom is -0.396 e. The Morgan fingerprint density at radius 2 is 2.38 bits per heavy atom. The molecule has 0 spiro atoms. The molecular weight excluding hydrogens is 206 g/mol. The summed E-state index contributed by atoms with van der Waals surface area (Å²) < 4.78 is 1.01. The lowest BCUT2D eigenvalue weighted by atomic mass is 10.3. The minimum absolute atomic E-state index is 0.171. The van der Waals surface area contributed by atoms with E-state index in [9.17, 15) is 0 Å². The van der Waals surface area contributed by atoms with Crippen LogP contribution < -0.4 is 0 Å². The third-order valence-corrected chi connectivity index (χ3v) is 3.42. The van der Waals surface area contributed by atoms with Crippen LogP contribution in [-0.4, -0.2) is 16.7 Å². The second kappa shape index (κ2) is 3.62. The predicted octanol–water partition coefficient (Wildman–Crippen LogP) is 2.48. The van der Waals surface area contributed by atoms with E-state index in [-0.39, 0.29) is 6.61 Å². The van der Waals surface area contributed by atoms with Crippen molar-refractivity contribution in [1.29, 1.82) is 0 Å². The molecule has 13 heavy (non-hydrogen) atoms. The zero-order valence-corrected chi connectivity index (χ0v) is 8.40. The Bertz CT molecular complexity index is 426. The quantitative estimate of drug-likeness (QED) is 0.832. The molecule has 1 N–H and O–H groups in total. The van der Waals surface area contributed by atoms with Crippen LogP contribution in [0.15, 0.2) is 18.3 Å². The maximum Gasteiger partial charge on any atom is 0.0827 e. The lowest BCUT2D eigenvalue weighted by Crippen LogP contribution is -1.84. The second-order valence-electron chi connectivity index (χ2n) is 2.69. The lowest BCUT2D eigenvalue weighted by molar-refractivity contribution is 0.300. The Kier molecular flexibility index (Phi) is 2.49. The van der Waals surface area contributed by atoms with Gasteiger partial charge < -0.3 is 5.11 Å². The normalized spacial score (nSPS) is 10.9. The van der Waals surface area contributed by atoms with Crippen molar-refractivity contribution in [2.75, 3.05) is 6.61 Å². The largest absolute Gasteiger partial charge is 0.396 e. The lowest BCUT2D eigenvalue weighted by Gasteiger charge is -1.89. The molecule has 0 radical (unpaired) electrons. The maximum absolute atomic E-state index is 8.77. The first-order valence-corrected chi connectivity index (χ1v) is 5.14. The van der Waals surface area contributed by atoms with Crippen molar-refractivity contribution in [3.8, 4) is 0 Å². The van der Waals surface area contributed by atoms with Crippen molar-refractivity contribution in [3.63, 3.8) is 0 Å². The first kappa shape index (κ1) is 8.94. The second-order valence-corrected chi connectivity index (χ2v) is 4.24. The maximum atomic E-state index is 8.77. The molecule has 2 nitrogen and oxygen atoms in total. The average Bonchev–Trinajstić information content (AvgIpc) is 2.49. The Balaban J connectivity index is 2.55. The van der Waals surface area contributed by atoms with Crippen LogP contribution in [0.3, 0.4) is 0 Å². The van der Waals surface area contributed by atoms with Gasteiger partial charge in [-0.15, -0.1) is 11.3 Å². The summed E-state index contributed by atoms with van der Waals surface area (Å²) in [5.41, 5.74) is 0.918. The highest BCUT2D eigenvalue weighted by Gasteiger charge is 2.04. The Morgan fingerprint density at radius 1 is 1.54 bits per heavy atom. The number of nitrogens with zero attached hydrogens (tertiary/aromatic N) is 1. The summed E-state index contributed by atoms with van der Waals surface area (Å²) in [5.74, 6) is 0. The van der Waals surface area contributed by atoms with Gasteiger partial charge >= 0.3 is 0 Å². The number of aromatic nitrogens is 1. The monoisotopic (exact) mass is 213 g/mol. The number of halogens is 1. The summed E-state index contributed by atoms with van der Waals surface area (Å²) in [6.07, 6.45) is 2.37. The Labute approximate surface area is 84.8 Å². The summed E-state index contributed by atoms with van der Waals surface area (Å²) >= 11 is 7.57. The highest BCUT2D eigenvalue weighted by molar-refractivity contribution is 7.19. The van der Waals surface area contributed by atoms with Crippen molar-refractivity contribution in [3.05, 3.63) is 28.2 Å². The van der Waals surface area contributed by atoms with E-state index in [1.165, 1.54) is 0 Å². The van der Waals surface area contributed by atoms with E-state index in [2.05, 4.69) is 4.98 Å². The van der Waals surface area contributed by atoms with Gasteiger partial charge in [0.2, 0.25) is 0 Å². The van der Waals surface area contributed by atoms with Crippen LogP contribution in [0.4, 0.5) is 0 Å². The molecule has 0 aliphatic heterocycles. The first-order chi connectivity index (χ1) is 6.31. The van der Waals surface area contributed by atoms with Crippen LogP contribution >= 0.6 is 22.9 Å². The first-order valence-electron chi connectivity index (χ1n) is 3.95. The minimum atomic E-state index is 0.171. The number of hydrogen-bond donors (Lipinski definition) is 1. The summed E-state index contributed by atoms with van der Waals surface area (Å²) in [4.78, 5) is 5.31. The molecule has 68 valence electrons. The fourth-order valence-electron chi connectivity index (χ4n) is 1.19. The Morgan fingerprint density at radius 3 is 3.08 bits per heavy atom. The van der Waals surface area contributed by atoms with E-state index in [1.54, 1.807) is 23.6 Å². The molecule has 0 saturated carbocycles. The zero-order valence-electron chi connectivity index (χ0n) is 6.83. The number of rotatable bonds is 2. The van der Waals surface area contributed by atoms with Gasteiger partial charge in [0, 0.05) is 24.1 Å². The molecule has 0 fully saturated rings. The van der Waals surface area contributed by atoms with Crippen LogP contribution in [-0.2, 0) is 6.42 Å². The van der Waals surface area contributed by atoms with Crippen LogP contribution in [0.25, 0.3) is 10.2 Å². The van der Waals surface area contributed by atoms with E-state index in [1.807, 2.05) is 6.07 Å². The van der Waals surface area contributed by atoms with Gasteiger partial charge in [-0.1, -0.05) is 11.6 Å². The molecule has 2 aromatic heterocycles. The molecule has 4 heteroatoms. The fourth-order valence-corrected chi connectivity index (χ4v) is 2.47. The molecule has 0 amide bonds. The van der Waals surface area contributed by atoms with E-state index < -0.39 is 0 Å². The molecule has 0 saturated heterocycles. The van der Waals surface area contributed by atoms with Gasteiger partial charge in [-0.2, -0.15) is 0 Å². The van der Waals surface area contributed by atoms with Crippen LogP contribution in [0.5, 0.6) is 0 Å². The molecular formula is C9H8ClNOS. The van der Waals surface area contributed by atoms with Crippen molar-refractivity contribution in [2.45, 2.75) is 6.42 Å². The van der Waals surface area contributed by atoms with E-state index in [4.69, 9.17) is 16.7 Å². The average molecular weight is 214 g/mol. The van der Waals surface area contributed by atoms with Crippen LogP contribution in [0, 0.1) is 0 Å². The molecule has 2 aromatic rings. The molecule has 0 unspecified atom stereocenters. The number of hydrogen-bond acceptors (Lipinski definition) is 3. The molecule has 0 aromatic carbocycles. The predicted molar refractivity (Wildman–Crippen MR) is 55.4 cm³/mol. The highest BCUT2D eigenvalue weighted by atomic mass is 35.5. The van der Waals surface area contributed by atoms with E-state index in [0.29, 0.717) is 6.42 Å². The van der Waals surface area contributed by atoms with E-state index >= 15 is 0 Å². The van der Waals surface area contributed by atoms with Gasteiger partial charge in [-0.25, -0.2) is 0 Å². The van der Waals surface area contributed by atoms with Crippen LogP contribution in [0.2, 0.25) is 5.02 Å². The highest BCUT2D eigenvalue weighted by Crippen LogP contribution is 2.30. The fraction of sp³-hybridized carbons (Fsp3) is 0.222. The zero-order chi connectivity index (χ0) is 9.26. The number of aliphatic hydroxyl groups excluding tert-OH is 1.